The third-order valence-corrected chi connectivity index (χ3v) is 4.78. The minimum Gasteiger partial charge on any atom is -0.481 e. The molecule has 2 aromatic carbocycles. The Morgan fingerprint density at radius 1 is 1.10 bits per heavy atom. The highest BCUT2D eigenvalue weighted by Crippen LogP contribution is 2.19. The molecule has 3 rings (SSSR count). The van der Waals surface area contributed by atoms with Gasteiger partial charge in [-0.1, -0.05) is 61.0 Å². The van der Waals surface area contributed by atoms with Crippen LogP contribution >= 0.6 is 0 Å². The smallest absolute Gasteiger partial charge is 0.263 e. The minimum absolute atomic E-state index is 0.123. The van der Waals surface area contributed by atoms with Gasteiger partial charge in [-0.15, -0.1) is 0 Å². The van der Waals surface area contributed by atoms with E-state index in [0.29, 0.717) is 23.9 Å². The van der Waals surface area contributed by atoms with Crippen molar-refractivity contribution in [1.82, 2.24) is 15.0 Å². The molecule has 0 saturated carbocycles. The molecule has 0 aliphatic carbocycles. The normalized spacial score (nSPS) is 11.9. The summed E-state index contributed by atoms with van der Waals surface area (Å²) in [6.45, 7) is 6.28. The maximum Gasteiger partial charge on any atom is 0.263 e. The largest absolute Gasteiger partial charge is 0.481 e. The molecule has 0 N–H and O–H groups in total. The molecule has 0 fully saturated rings. The molecule has 1 heterocycles. The Kier molecular flexibility index (Phi) is 6.65. The average molecular weight is 393 g/mol. The van der Waals surface area contributed by atoms with Crippen LogP contribution in [0.1, 0.15) is 37.3 Å². The number of carbonyl (C=O) groups excluding carboxylic acids is 1. The fraction of sp³-hybridized carbons (Fsp3) is 0.348. The molecule has 1 atom stereocenters. The van der Waals surface area contributed by atoms with Crippen LogP contribution in [0.2, 0.25) is 0 Å². The van der Waals surface area contributed by atoms with Gasteiger partial charge in [0.1, 0.15) is 5.75 Å². The van der Waals surface area contributed by atoms with Crippen LogP contribution in [0.4, 0.5) is 0 Å². The Morgan fingerprint density at radius 2 is 1.79 bits per heavy atom. The van der Waals surface area contributed by atoms with Crippen LogP contribution < -0.4 is 4.74 Å². The molecule has 6 nitrogen and oxygen atoms in total. The van der Waals surface area contributed by atoms with E-state index in [9.17, 15) is 4.79 Å². The van der Waals surface area contributed by atoms with Gasteiger partial charge in [-0.2, -0.15) is 4.98 Å². The zero-order valence-electron chi connectivity index (χ0n) is 17.4. The average Bonchev–Trinajstić information content (AvgIpc) is 3.20. The van der Waals surface area contributed by atoms with Gasteiger partial charge in [-0.3, -0.25) is 4.79 Å². The Morgan fingerprint density at radius 3 is 2.41 bits per heavy atom. The molecule has 0 bridgehead atoms. The fourth-order valence-electron chi connectivity index (χ4n) is 2.94. The summed E-state index contributed by atoms with van der Waals surface area (Å²) in [7, 11) is 1.71. The van der Waals surface area contributed by atoms with E-state index < -0.39 is 6.10 Å². The summed E-state index contributed by atoms with van der Waals surface area (Å²) in [5, 5.41) is 4.02. The first-order valence-electron chi connectivity index (χ1n) is 9.90. The monoisotopic (exact) mass is 393 g/mol. The lowest BCUT2D eigenvalue weighted by Gasteiger charge is -2.22. The molecule has 3 aromatic rings. The number of amides is 1. The minimum atomic E-state index is -0.563. The van der Waals surface area contributed by atoms with Crippen molar-refractivity contribution in [1.29, 1.82) is 0 Å². The molecule has 0 unspecified atom stereocenters. The number of rotatable bonds is 8. The SMILES string of the molecule is CCc1ccc(O[C@@H](CC)C(=O)N(C)Cc2nc(-c3ccc(C)cc3)no2)cc1. The summed E-state index contributed by atoms with van der Waals surface area (Å²) in [6, 6.07) is 15.7. The number of hydrogen-bond donors (Lipinski definition) is 0. The summed E-state index contributed by atoms with van der Waals surface area (Å²) in [6.07, 6.45) is 0.970. The molecule has 1 aromatic heterocycles. The maximum absolute atomic E-state index is 12.8. The predicted octanol–water partition coefficient (Wildman–Crippen LogP) is 4.42. The van der Waals surface area contributed by atoms with E-state index in [2.05, 4.69) is 17.1 Å². The van der Waals surface area contributed by atoms with E-state index in [1.54, 1.807) is 11.9 Å². The van der Waals surface area contributed by atoms with Crippen LogP contribution in [0.5, 0.6) is 5.75 Å². The van der Waals surface area contributed by atoms with Crippen molar-refractivity contribution in [2.45, 2.75) is 46.3 Å². The molecular weight excluding hydrogens is 366 g/mol. The third kappa shape index (κ3) is 5.22. The fourth-order valence-corrected chi connectivity index (χ4v) is 2.94. The topological polar surface area (TPSA) is 68.5 Å². The van der Waals surface area contributed by atoms with Crippen molar-refractivity contribution in [2.24, 2.45) is 0 Å². The lowest BCUT2D eigenvalue weighted by Crippen LogP contribution is -2.39. The Balaban J connectivity index is 1.63. The van der Waals surface area contributed by atoms with E-state index >= 15 is 0 Å². The number of likely N-dealkylation sites (N-methyl/N-ethyl adjacent to an activating group) is 1. The van der Waals surface area contributed by atoms with Crippen LogP contribution in [0.15, 0.2) is 53.1 Å². The number of hydrogen-bond acceptors (Lipinski definition) is 5. The summed E-state index contributed by atoms with van der Waals surface area (Å²) in [4.78, 5) is 18.8. The first kappa shape index (κ1) is 20.6. The van der Waals surface area contributed by atoms with Gasteiger partial charge >= 0.3 is 0 Å². The summed E-state index contributed by atoms with van der Waals surface area (Å²) in [5.74, 6) is 1.47. The van der Waals surface area contributed by atoms with Crippen molar-refractivity contribution >= 4 is 5.91 Å². The van der Waals surface area contributed by atoms with E-state index in [1.165, 1.54) is 5.56 Å². The molecule has 152 valence electrons. The predicted molar refractivity (Wildman–Crippen MR) is 111 cm³/mol. The van der Waals surface area contributed by atoms with Gasteiger partial charge in [0, 0.05) is 12.6 Å². The number of benzene rings is 2. The van der Waals surface area contributed by atoms with Crippen LogP contribution in [0.25, 0.3) is 11.4 Å². The summed E-state index contributed by atoms with van der Waals surface area (Å²) < 4.78 is 11.2. The van der Waals surface area contributed by atoms with Crippen molar-refractivity contribution in [2.75, 3.05) is 7.05 Å². The lowest BCUT2D eigenvalue weighted by molar-refractivity contribution is -0.138. The molecule has 0 aliphatic heterocycles. The Bertz CT molecular complexity index is 933. The molecule has 29 heavy (non-hydrogen) atoms. The third-order valence-electron chi connectivity index (χ3n) is 4.78. The van der Waals surface area contributed by atoms with E-state index in [-0.39, 0.29) is 12.5 Å². The number of carbonyl (C=O) groups is 1. The summed E-state index contributed by atoms with van der Waals surface area (Å²) >= 11 is 0. The Labute approximate surface area is 171 Å². The second-order valence-electron chi connectivity index (χ2n) is 7.08. The standard InChI is InChI=1S/C23H27N3O3/c1-5-17-9-13-19(14-10-17)28-20(6-2)23(27)26(4)15-21-24-22(25-29-21)18-11-7-16(3)8-12-18/h7-14,20H,5-6,15H2,1-4H3/t20-/m0/s1. The molecule has 1 amide bonds. The van der Waals surface area contributed by atoms with E-state index in [0.717, 1.165) is 17.5 Å². The number of nitrogens with zero attached hydrogens (tertiary/aromatic N) is 3. The van der Waals surface area contributed by atoms with Crippen LogP contribution in [-0.4, -0.2) is 34.1 Å². The first-order chi connectivity index (χ1) is 14.0. The van der Waals surface area contributed by atoms with E-state index in [1.807, 2.05) is 62.4 Å². The highest BCUT2D eigenvalue weighted by molar-refractivity contribution is 5.80. The summed E-state index contributed by atoms with van der Waals surface area (Å²) in [5.41, 5.74) is 3.28. The number of aryl methyl sites for hydroxylation is 2. The van der Waals surface area contributed by atoms with Crippen molar-refractivity contribution in [3.63, 3.8) is 0 Å². The van der Waals surface area contributed by atoms with Gasteiger partial charge in [0.05, 0.1) is 6.54 Å². The number of ether oxygens (including phenoxy) is 1. The second-order valence-corrected chi connectivity index (χ2v) is 7.08. The lowest BCUT2D eigenvalue weighted by atomic mass is 10.1. The molecule has 0 saturated heterocycles. The molecular formula is C23H27N3O3. The Hall–Kier alpha value is -3.15. The zero-order valence-corrected chi connectivity index (χ0v) is 17.4. The maximum atomic E-state index is 12.8. The second kappa shape index (κ2) is 9.37. The van der Waals surface area contributed by atoms with Gasteiger partial charge in [-0.05, 0) is 37.5 Å². The highest BCUT2D eigenvalue weighted by atomic mass is 16.5. The van der Waals surface area contributed by atoms with Crippen LogP contribution in [-0.2, 0) is 17.8 Å². The highest BCUT2D eigenvalue weighted by Gasteiger charge is 2.24. The van der Waals surface area contributed by atoms with Gasteiger partial charge in [0.25, 0.3) is 5.91 Å². The zero-order chi connectivity index (χ0) is 20.8. The van der Waals surface area contributed by atoms with Crippen molar-refractivity contribution in [3.8, 4) is 17.1 Å². The van der Waals surface area contributed by atoms with Crippen molar-refractivity contribution < 1.29 is 14.1 Å². The molecule has 0 spiro atoms. The van der Waals surface area contributed by atoms with Crippen LogP contribution in [0.3, 0.4) is 0 Å². The molecule has 0 radical (unpaired) electrons. The van der Waals surface area contributed by atoms with Gasteiger partial charge < -0.3 is 14.2 Å². The molecule has 6 heteroatoms. The van der Waals surface area contributed by atoms with Gasteiger partial charge in [0.15, 0.2) is 6.10 Å². The first-order valence-corrected chi connectivity index (χ1v) is 9.90. The van der Waals surface area contributed by atoms with Crippen molar-refractivity contribution in [3.05, 3.63) is 65.5 Å². The van der Waals surface area contributed by atoms with E-state index in [4.69, 9.17) is 9.26 Å². The van der Waals surface area contributed by atoms with Gasteiger partial charge in [0.2, 0.25) is 11.7 Å². The van der Waals surface area contributed by atoms with Crippen LogP contribution in [0, 0.1) is 6.92 Å². The molecule has 0 aliphatic rings. The quantitative estimate of drug-likeness (QED) is 0.566. The van der Waals surface area contributed by atoms with Gasteiger partial charge in [-0.25, -0.2) is 0 Å². The number of aromatic nitrogens is 2.